The molecule has 18 heavy (non-hydrogen) atoms. The van der Waals surface area contributed by atoms with Crippen molar-refractivity contribution in [2.24, 2.45) is 0 Å². The van der Waals surface area contributed by atoms with E-state index in [2.05, 4.69) is 0 Å². The Morgan fingerprint density at radius 2 is 1.61 bits per heavy atom. The van der Waals surface area contributed by atoms with Gasteiger partial charge in [0, 0.05) is 0 Å². The molecule has 1 atom stereocenters. The van der Waals surface area contributed by atoms with E-state index < -0.39 is 26.0 Å². The first-order valence-electron chi connectivity index (χ1n) is 5.51. The molecule has 1 rings (SSSR count). The molecule has 102 valence electrons. The number of halogens is 4. The molecule has 0 saturated carbocycles. The highest BCUT2D eigenvalue weighted by molar-refractivity contribution is 6.69. The summed E-state index contributed by atoms with van der Waals surface area (Å²) in [6, 6.07) is 7.56. The Labute approximate surface area is 111 Å². The maximum atomic E-state index is 13.4. The van der Waals surface area contributed by atoms with E-state index in [9.17, 15) is 13.2 Å². The predicted molar refractivity (Wildman–Crippen MR) is 69.3 cm³/mol. The zero-order valence-electron chi connectivity index (χ0n) is 10.5. The van der Waals surface area contributed by atoms with Gasteiger partial charge < -0.3 is 4.43 Å². The Kier molecular flexibility index (Phi) is 4.51. The molecule has 1 aromatic rings. The van der Waals surface area contributed by atoms with Gasteiger partial charge >= 0.3 is 6.18 Å². The fourth-order valence-corrected chi connectivity index (χ4v) is 3.49. The fraction of sp³-hybridized carbons (Fsp3) is 0.500. The van der Waals surface area contributed by atoms with E-state index >= 15 is 0 Å². The average molecular weight is 297 g/mol. The molecule has 0 bridgehead atoms. The largest absolute Gasteiger partial charge is 0.421 e. The Hall–Kier alpha value is -0.523. The van der Waals surface area contributed by atoms with Gasteiger partial charge in [0.1, 0.15) is 0 Å². The summed E-state index contributed by atoms with van der Waals surface area (Å²) in [6.45, 7) is 5.13. The summed E-state index contributed by atoms with van der Waals surface area (Å²) in [5.74, 6) is -0.648. The summed E-state index contributed by atoms with van der Waals surface area (Å²) in [4.78, 5) is 0. The fourth-order valence-electron chi connectivity index (χ4n) is 1.69. The van der Waals surface area contributed by atoms with Crippen LogP contribution in [0.2, 0.25) is 19.6 Å². The molecule has 1 nitrogen and oxygen atoms in total. The third-order valence-corrected chi connectivity index (χ3v) is 3.70. The van der Waals surface area contributed by atoms with Crippen molar-refractivity contribution in [2.75, 3.05) is 5.88 Å². The van der Waals surface area contributed by atoms with Crippen molar-refractivity contribution in [1.82, 2.24) is 0 Å². The van der Waals surface area contributed by atoms with E-state index in [1.165, 1.54) is 12.1 Å². The Balaban J connectivity index is 3.33. The molecule has 0 aromatic heterocycles. The quantitative estimate of drug-likeness (QED) is 0.586. The third-order valence-electron chi connectivity index (χ3n) is 2.37. The predicted octanol–water partition coefficient (Wildman–Crippen LogP) is 4.53. The normalized spacial score (nSPS) is 16.4. The molecule has 0 N–H and O–H groups in total. The van der Waals surface area contributed by atoms with Crippen LogP contribution in [-0.4, -0.2) is 20.4 Å². The van der Waals surface area contributed by atoms with Gasteiger partial charge in [-0.2, -0.15) is 13.2 Å². The molecule has 6 heteroatoms. The van der Waals surface area contributed by atoms with Gasteiger partial charge in [0.05, 0.1) is 5.88 Å². The summed E-state index contributed by atoms with van der Waals surface area (Å²) in [5, 5.41) is 0. The SMILES string of the molecule is C[Si](C)(C)O[C@@](CCl)(c1ccccc1)C(F)(F)F. The molecule has 0 aliphatic carbocycles. The van der Waals surface area contributed by atoms with Crippen molar-refractivity contribution in [1.29, 1.82) is 0 Å². The second-order valence-electron chi connectivity index (χ2n) is 5.04. The first-order chi connectivity index (χ1) is 8.12. The first kappa shape index (κ1) is 15.5. The lowest BCUT2D eigenvalue weighted by Gasteiger charge is -2.39. The Bertz CT molecular complexity index is 389. The summed E-state index contributed by atoms with van der Waals surface area (Å²) < 4.78 is 45.6. The van der Waals surface area contributed by atoms with Gasteiger partial charge in [0.15, 0.2) is 13.9 Å². The lowest BCUT2D eigenvalue weighted by Crippen LogP contribution is -2.52. The van der Waals surface area contributed by atoms with Gasteiger partial charge in [-0.15, -0.1) is 11.6 Å². The van der Waals surface area contributed by atoms with E-state index in [0.717, 1.165) is 0 Å². The first-order valence-corrected chi connectivity index (χ1v) is 9.45. The van der Waals surface area contributed by atoms with Crippen LogP contribution < -0.4 is 0 Å². The summed E-state index contributed by atoms with van der Waals surface area (Å²) >= 11 is 5.63. The van der Waals surface area contributed by atoms with Gasteiger partial charge in [0.25, 0.3) is 0 Å². The highest BCUT2D eigenvalue weighted by Gasteiger charge is 2.58. The molecule has 0 heterocycles. The Morgan fingerprint density at radius 3 is 1.94 bits per heavy atom. The number of alkyl halides is 4. The zero-order valence-corrected chi connectivity index (χ0v) is 12.3. The second kappa shape index (κ2) is 5.23. The Morgan fingerprint density at radius 1 is 1.11 bits per heavy atom. The summed E-state index contributed by atoms with van der Waals surface area (Å²) in [5.41, 5.74) is -2.37. The van der Waals surface area contributed by atoms with Gasteiger partial charge in [0.2, 0.25) is 0 Å². The van der Waals surface area contributed by atoms with E-state index in [0.29, 0.717) is 0 Å². The number of rotatable bonds is 4. The van der Waals surface area contributed by atoms with Crippen molar-refractivity contribution in [3.8, 4) is 0 Å². The van der Waals surface area contributed by atoms with Crippen LogP contribution in [0.4, 0.5) is 13.2 Å². The van der Waals surface area contributed by atoms with Crippen molar-refractivity contribution < 1.29 is 17.6 Å². The third kappa shape index (κ3) is 3.27. The van der Waals surface area contributed by atoms with Crippen molar-refractivity contribution >= 4 is 19.9 Å². The van der Waals surface area contributed by atoms with Gasteiger partial charge in [-0.3, -0.25) is 0 Å². The van der Waals surface area contributed by atoms with Gasteiger partial charge in [-0.1, -0.05) is 30.3 Å². The van der Waals surface area contributed by atoms with E-state index in [1.54, 1.807) is 37.8 Å². The zero-order chi connectivity index (χ0) is 14.0. The highest BCUT2D eigenvalue weighted by Crippen LogP contribution is 2.44. The van der Waals surface area contributed by atoms with Gasteiger partial charge in [-0.25, -0.2) is 0 Å². The average Bonchev–Trinajstić information content (AvgIpc) is 2.24. The van der Waals surface area contributed by atoms with E-state index in [4.69, 9.17) is 16.0 Å². The highest BCUT2D eigenvalue weighted by atomic mass is 35.5. The molecule has 0 unspecified atom stereocenters. The van der Waals surface area contributed by atoms with Crippen LogP contribution in [0.15, 0.2) is 30.3 Å². The van der Waals surface area contributed by atoms with Crippen molar-refractivity contribution in [3.05, 3.63) is 35.9 Å². The van der Waals surface area contributed by atoms with Crippen LogP contribution in [0.25, 0.3) is 0 Å². The smallest absolute Gasteiger partial charge is 0.400 e. The maximum absolute atomic E-state index is 13.4. The molecular weight excluding hydrogens is 281 g/mol. The number of hydrogen-bond donors (Lipinski definition) is 0. The van der Waals surface area contributed by atoms with Crippen LogP contribution in [-0.2, 0) is 10.0 Å². The monoisotopic (exact) mass is 296 g/mol. The number of hydrogen-bond acceptors (Lipinski definition) is 1. The second-order valence-corrected chi connectivity index (χ2v) is 9.73. The molecular formula is C12H16ClF3OSi. The van der Waals surface area contributed by atoms with Crippen LogP contribution in [0.3, 0.4) is 0 Å². The summed E-state index contributed by atoms with van der Waals surface area (Å²) in [6.07, 6.45) is -4.55. The molecule has 0 radical (unpaired) electrons. The molecule has 0 spiro atoms. The molecule has 0 aliphatic heterocycles. The minimum atomic E-state index is -4.55. The van der Waals surface area contributed by atoms with E-state index in [-0.39, 0.29) is 5.56 Å². The molecule has 0 aliphatic rings. The van der Waals surface area contributed by atoms with Crippen LogP contribution in [0, 0.1) is 0 Å². The maximum Gasteiger partial charge on any atom is 0.421 e. The topological polar surface area (TPSA) is 9.23 Å². The van der Waals surface area contributed by atoms with Crippen molar-refractivity contribution in [3.63, 3.8) is 0 Å². The number of benzene rings is 1. The standard InChI is InChI=1S/C12H16ClF3OSi/c1-18(2,3)17-11(9-13,12(14,15)16)10-7-5-4-6-8-10/h4-8H,9H2,1-3H3/t11-/m0/s1. The molecule has 0 saturated heterocycles. The van der Waals surface area contributed by atoms with Crippen LogP contribution in [0.5, 0.6) is 0 Å². The minimum Gasteiger partial charge on any atom is -0.400 e. The van der Waals surface area contributed by atoms with Crippen LogP contribution >= 0.6 is 11.6 Å². The molecule has 0 amide bonds. The minimum absolute atomic E-state index is 0.0509. The van der Waals surface area contributed by atoms with E-state index in [1.807, 2.05) is 0 Å². The van der Waals surface area contributed by atoms with Crippen LogP contribution in [0.1, 0.15) is 5.56 Å². The van der Waals surface area contributed by atoms with Crippen molar-refractivity contribution in [2.45, 2.75) is 31.4 Å². The lowest BCUT2D eigenvalue weighted by molar-refractivity contribution is -0.249. The lowest BCUT2D eigenvalue weighted by atomic mass is 9.95. The molecule has 1 aromatic carbocycles. The molecule has 0 fully saturated rings. The summed E-state index contributed by atoms with van der Waals surface area (Å²) in [7, 11) is -2.41. The van der Waals surface area contributed by atoms with Gasteiger partial charge in [-0.05, 0) is 25.2 Å².